The standard InChI is InChI=1S/C12H11NO2S/c1-15-10-4-2-3-9(7-10)11(14)8-12-13-5-6-16-12/h2-7H,8H2,1H3/p+1. The molecule has 0 radical (unpaired) electrons. The van der Waals surface area contributed by atoms with Crippen molar-refractivity contribution in [2.45, 2.75) is 6.42 Å². The maximum absolute atomic E-state index is 11.9. The van der Waals surface area contributed by atoms with Gasteiger partial charge >= 0.3 is 0 Å². The van der Waals surface area contributed by atoms with Crippen molar-refractivity contribution in [3.05, 3.63) is 46.4 Å². The van der Waals surface area contributed by atoms with Crippen molar-refractivity contribution in [2.75, 3.05) is 7.11 Å². The number of rotatable bonds is 4. The summed E-state index contributed by atoms with van der Waals surface area (Å²) in [4.78, 5) is 14.9. The highest BCUT2D eigenvalue weighted by Crippen LogP contribution is 2.14. The van der Waals surface area contributed by atoms with E-state index in [1.54, 1.807) is 30.6 Å². The van der Waals surface area contributed by atoms with Gasteiger partial charge in [0.2, 0.25) is 5.01 Å². The maximum Gasteiger partial charge on any atom is 0.243 e. The number of ether oxygens (including phenoxy) is 1. The molecule has 0 aliphatic rings. The molecule has 82 valence electrons. The third-order valence-electron chi connectivity index (χ3n) is 2.24. The topological polar surface area (TPSA) is 40.4 Å². The minimum atomic E-state index is 0.0950. The zero-order chi connectivity index (χ0) is 11.4. The minimum Gasteiger partial charge on any atom is -0.497 e. The molecule has 0 aliphatic heterocycles. The Kier molecular flexibility index (Phi) is 3.31. The van der Waals surface area contributed by atoms with E-state index in [0.717, 1.165) is 5.01 Å². The summed E-state index contributed by atoms with van der Waals surface area (Å²) in [6, 6.07) is 7.21. The van der Waals surface area contributed by atoms with Gasteiger partial charge in [0.1, 0.15) is 12.2 Å². The number of carbonyl (C=O) groups is 1. The van der Waals surface area contributed by atoms with Gasteiger partial charge in [-0.1, -0.05) is 23.5 Å². The summed E-state index contributed by atoms with van der Waals surface area (Å²) in [6.07, 6.45) is 2.24. The van der Waals surface area contributed by atoms with E-state index in [0.29, 0.717) is 17.7 Å². The second-order valence-corrected chi connectivity index (χ2v) is 4.32. The van der Waals surface area contributed by atoms with Crippen LogP contribution in [0.4, 0.5) is 0 Å². The van der Waals surface area contributed by atoms with Crippen LogP contribution in [0.2, 0.25) is 0 Å². The van der Waals surface area contributed by atoms with Gasteiger partial charge in [-0.05, 0) is 12.1 Å². The zero-order valence-electron chi connectivity index (χ0n) is 8.90. The fraction of sp³-hybridized carbons (Fsp3) is 0.167. The van der Waals surface area contributed by atoms with Crippen LogP contribution in [-0.2, 0) is 6.42 Å². The van der Waals surface area contributed by atoms with Crippen LogP contribution in [0.1, 0.15) is 15.4 Å². The summed E-state index contributed by atoms with van der Waals surface area (Å²) in [6.45, 7) is 0. The number of ketones is 1. The van der Waals surface area contributed by atoms with Crippen LogP contribution >= 0.6 is 11.3 Å². The molecule has 1 N–H and O–H groups in total. The Balaban J connectivity index is 2.14. The largest absolute Gasteiger partial charge is 0.497 e. The predicted octanol–water partition coefficient (Wildman–Crippen LogP) is 2.00. The number of carbonyl (C=O) groups excluding carboxylic acids is 1. The smallest absolute Gasteiger partial charge is 0.243 e. The number of aromatic nitrogens is 1. The summed E-state index contributed by atoms with van der Waals surface area (Å²) in [5.74, 6) is 0.804. The lowest BCUT2D eigenvalue weighted by Gasteiger charge is -2.01. The quantitative estimate of drug-likeness (QED) is 0.759. The molecule has 1 aromatic carbocycles. The lowest BCUT2D eigenvalue weighted by molar-refractivity contribution is -0.381. The van der Waals surface area contributed by atoms with Gasteiger partial charge in [0, 0.05) is 5.56 Å². The molecule has 4 heteroatoms. The number of thiazole rings is 1. The van der Waals surface area contributed by atoms with Crippen LogP contribution in [0.15, 0.2) is 35.8 Å². The van der Waals surface area contributed by atoms with Crippen molar-refractivity contribution < 1.29 is 14.5 Å². The lowest BCUT2D eigenvalue weighted by Crippen LogP contribution is -2.10. The van der Waals surface area contributed by atoms with Crippen LogP contribution < -0.4 is 9.72 Å². The van der Waals surface area contributed by atoms with Crippen LogP contribution in [0.5, 0.6) is 5.75 Å². The van der Waals surface area contributed by atoms with E-state index in [-0.39, 0.29) is 5.78 Å². The monoisotopic (exact) mass is 234 g/mol. The molecule has 0 bridgehead atoms. The molecular formula is C12H12NO2S+. The van der Waals surface area contributed by atoms with E-state index in [2.05, 4.69) is 4.98 Å². The van der Waals surface area contributed by atoms with Crippen LogP contribution in [0.25, 0.3) is 0 Å². The van der Waals surface area contributed by atoms with Gasteiger partial charge in [-0.25, -0.2) is 4.98 Å². The summed E-state index contributed by atoms with van der Waals surface area (Å²) in [5, 5.41) is 2.89. The van der Waals surface area contributed by atoms with Crippen molar-refractivity contribution in [3.63, 3.8) is 0 Å². The fourth-order valence-electron chi connectivity index (χ4n) is 1.41. The molecule has 2 aromatic rings. The Morgan fingerprint density at radius 3 is 3.06 bits per heavy atom. The normalized spacial score (nSPS) is 10.1. The van der Waals surface area contributed by atoms with Crippen molar-refractivity contribution in [1.82, 2.24) is 0 Å². The number of aromatic amines is 1. The molecule has 2 rings (SSSR count). The average molecular weight is 234 g/mol. The second kappa shape index (κ2) is 4.90. The molecule has 0 fully saturated rings. The number of Topliss-reactive ketones (excluding diaryl/α,β-unsaturated/α-hetero) is 1. The summed E-state index contributed by atoms with van der Waals surface area (Å²) >= 11 is 1.55. The highest BCUT2D eigenvalue weighted by molar-refractivity contribution is 7.09. The summed E-state index contributed by atoms with van der Waals surface area (Å²) < 4.78 is 5.08. The zero-order valence-corrected chi connectivity index (χ0v) is 9.71. The first-order valence-electron chi connectivity index (χ1n) is 4.91. The number of nitrogens with one attached hydrogen (secondary N) is 1. The van der Waals surface area contributed by atoms with E-state index in [9.17, 15) is 4.79 Å². The van der Waals surface area contributed by atoms with Gasteiger partial charge in [-0.15, -0.1) is 0 Å². The molecule has 0 unspecified atom stereocenters. The Labute approximate surface area is 97.7 Å². The third kappa shape index (κ3) is 2.46. The number of methoxy groups -OCH3 is 1. The number of benzene rings is 1. The van der Waals surface area contributed by atoms with Gasteiger partial charge in [-0.2, -0.15) is 0 Å². The first-order chi connectivity index (χ1) is 7.79. The van der Waals surface area contributed by atoms with Gasteiger partial charge in [0.15, 0.2) is 12.0 Å². The first-order valence-corrected chi connectivity index (χ1v) is 5.79. The molecule has 0 saturated carbocycles. The Bertz CT molecular complexity index is 480. The highest BCUT2D eigenvalue weighted by atomic mass is 32.1. The van der Waals surface area contributed by atoms with E-state index in [1.165, 1.54) is 0 Å². The molecule has 0 aliphatic carbocycles. The van der Waals surface area contributed by atoms with Gasteiger partial charge in [0.25, 0.3) is 0 Å². The van der Waals surface area contributed by atoms with Gasteiger partial charge in [-0.3, -0.25) is 4.79 Å². The summed E-state index contributed by atoms with van der Waals surface area (Å²) in [5.41, 5.74) is 0.682. The Morgan fingerprint density at radius 2 is 2.38 bits per heavy atom. The summed E-state index contributed by atoms with van der Waals surface area (Å²) in [7, 11) is 1.59. The SMILES string of the molecule is COc1cccc(C(=O)Cc2[nH+]ccs2)c1. The number of H-pyrrole nitrogens is 1. The van der Waals surface area contributed by atoms with E-state index in [4.69, 9.17) is 4.74 Å². The fourth-order valence-corrected chi connectivity index (χ4v) is 2.07. The third-order valence-corrected chi connectivity index (χ3v) is 3.05. The maximum atomic E-state index is 11.9. The first kappa shape index (κ1) is 10.8. The average Bonchev–Trinajstić information content (AvgIpc) is 2.82. The van der Waals surface area contributed by atoms with Gasteiger partial charge in [0.05, 0.1) is 12.5 Å². The molecule has 0 amide bonds. The molecule has 0 atom stereocenters. The van der Waals surface area contributed by atoms with E-state index < -0.39 is 0 Å². The second-order valence-electron chi connectivity index (χ2n) is 3.32. The van der Waals surface area contributed by atoms with Crippen molar-refractivity contribution in [1.29, 1.82) is 0 Å². The lowest BCUT2D eigenvalue weighted by atomic mass is 10.1. The molecule has 1 aromatic heterocycles. The minimum absolute atomic E-state index is 0.0950. The van der Waals surface area contributed by atoms with Crippen LogP contribution in [-0.4, -0.2) is 12.9 Å². The number of hydrogen-bond acceptors (Lipinski definition) is 3. The van der Waals surface area contributed by atoms with Crippen LogP contribution in [0.3, 0.4) is 0 Å². The highest BCUT2D eigenvalue weighted by Gasteiger charge is 2.12. The van der Waals surface area contributed by atoms with Crippen LogP contribution in [0, 0.1) is 0 Å². The molecule has 16 heavy (non-hydrogen) atoms. The van der Waals surface area contributed by atoms with Crippen molar-refractivity contribution in [2.24, 2.45) is 0 Å². The van der Waals surface area contributed by atoms with E-state index >= 15 is 0 Å². The predicted molar refractivity (Wildman–Crippen MR) is 61.9 cm³/mol. The Morgan fingerprint density at radius 1 is 1.50 bits per heavy atom. The molecule has 1 heterocycles. The van der Waals surface area contributed by atoms with E-state index in [1.807, 2.05) is 23.7 Å². The molecule has 0 saturated heterocycles. The number of hydrogen-bond donors (Lipinski definition) is 0. The molecular weight excluding hydrogens is 222 g/mol. The molecule has 3 nitrogen and oxygen atoms in total. The van der Waals surface area contributed by atoms with Crippen molar-refractivity contribution in [3.8, 4) is 5.75 Å². The molecule has 0 spiro atoms. The van der Waals surface area contributed by atoms with Gasteiger partial charge < -0.3 is 4.74 Å². The Hall–Kier alpha value is -1.68. The van der Waals surface area contributed by atoms with Crippen molar-refractivity contribution >= 4 is 17.1 Å².